The number of benzene rings is 1. The number of nitrogens with two attached hydrogens (primary N) is 2. The van der Waals surface area contributed by atoms with Gasteiger partial charge in [-0.25, -0.2) is 4.98 Å². The van der Waals surface area contributed by atoms with Crippen LogP contribution in [0.4, 0.5) is 5.13 Å². The van der Waals surface area contributed by atoms with Crippen LogP contribution in [0.25, 0.3) is 22.2 Å². The van der Waals surface area contributed by atoms with Gasteiger partial charge in [-0.2, -0.15) is 4.99 Å². The van der Waals surface area contributed by atoms with E-state index in [1.165, 1.54) is 11.3 Å². The molecule has 0 aliphatic heterocycles. The molecule has 0 radical (unpaired) electrons. The SMILES string of the molecule is Cl.NC(N)=Nc1nc(-c2c[nH]c3ccc(Br)cc23)cs1. The average Bonchev–Trinajstić information content (AvgIpc) is 2.94. The second-order valence-electron chi connectivity index (χ2n) is 3.94. The first-order chi connectivity index (χ1) is 9.13. The van der Waals surface area contributed by atoms with E-state index < -0.39 is 0 Å². The van der Waals surface area contributed by atoms with E-state index in [4.69, 9.17) is 11.5 Å². The van der Waals surface area contributed by atoms with Crippen molar-refractivity contribution >= 4 is 61.7 Å². The smallest absolute Gasteiger partial charge is 0.212 e. The Hall–Kier alpha value is -1.57. The van der Waals surface area contributed by atoms with Crippen LogP contribution >= 0.6 is 39.7 Å². The summed E-state index contributed by atoms with van der Waals surface area (Å²) in [5, 5.41) is 3.60. The molecule has 0 saturated heterocycles. The quantitative estimate of drug-likeness (QED) is 0.475. The Morgan fingerprint density at radius 3 is 2.90 bits per heavy atom. The zero-order chi connectivity index (χ0) is 13.4. The molecular weight excluding hydrogens is 362 g/mol. The van der Waals surface area contributed by atoms with Crippen molar-refractivity contribution in [3.8, 4) is 11.3 Å². The van der Waals surface area contributed by atoms with Crippen molar-refractivity contribution < 1.29 is 0 Å². The number of hydrogen-bond donors (Lipinski definition) is 3. The number of fused-ring (bicyclic) bond motifs is 1. The van der Waals surface area contributed by atoms with Gasteiger partial charge in [-0.05, 0) is 18.2 Å². The molecule has 3 rings (SSSR count). The van der Waals surface area contributed by atoms with Gasteiger partial charge in [-0.3, -0.25) is 0 Å². The van der Waals surface area contributed by atoms with Gasteiger partial charge in [-0.1, -0.05) is 15.9 Å². The number of rotatable bonds is 2. The van der Waals surface area contributed by atoms with Crippen LogP contribution in [-0.4, -0.2) is 15.9 Å². The third kappa shape index (κ3) is 2.79. The molecular formula is C12H11BrClN5S. The van der Waals surface area contributed by atoms with E-state index in [0.29, 0.717) is 5.13 Å². The van der Waals surface area contributed by atoms with E-state index in [2.05, 4.69) is 37.0 Å². The highest BCUT2D eigenvalue weighted by Crippen LogP contribution is 2.33. The highest BCUT2D eigenvalue weighted by molar-refractivity contribution is 9.10. The standard InChI is InChI=1S/C12H10BrN5S.ClH/c13-6-1-2-9-7(3-6)8(4-16-9)10-5-19-12(17-10)18-11(14)15;/h1-5,16H,(H4,14,15,17,18);1H. The number of halogens is 2. The zero-order valence-electron chi connectivity index (χ0n) is 10.1. The largest absolute Gasteiger partial charge is 0.370 e. The molecule has 1 aromatic carbocycles. The van der Waals surface area contributed by atoms with Gasteiger partial charge in [0, 0.05) is 32.5 Å². The Kier molecular flexibility index (Phi) is 4.32. The van der Waals surface area contributed by atoms with E-state index in [9.17, 15) is 0 Å². The van der Waals surface area contributed by atoms with Crippen molar-refractivity contribution in [2.24, 2.45) is 16.5 Å². The fourth-order valence-corrected chi connectivity index (χ4v) is 2.92. The topological polar surface area (TPSA) is 93.1 Å². The van der Waals surface area contributed by atoms with Crippen LogP contribution < -0.4 is 11.5 Å². The molecule has 0 saturated carbocycles. The maximum atomic E-state index is 5.34. The minimum atomic E-state index is 0. The summed E-state index contributed by atoms with van der Waals surface area (Å²) in [6.07, 6.45) is 1.94. The van der Waals surface area contributed by atoms with E-state index in [-0.39, 0.29) is 18.4 Å². The molecule has 104 valence electrons. The highest BCUT2D eigenvalue weighted by Gasteiger charge is 2.10. The first kappa shape index (κ1) is 14.8. The Bertz CT molecular complexity index is 775. The van der Waals surface area contributed by atoms with Crippen molar-refractivity contribution in [3.05, 3.63) is 34.2 Å². The lowest BCUT2D eigenvalue weighted by Gasteiger charge is -1.95. The predicted molar refractivity (Wildman–Crippen MR) is 89.8 cm³/mol. The van der Waals surface area contributed by atoms with Gasteiger partial charge in [0.2, 0.25) is 5.13 Å². The zero-order valence-corrected chi connectivity index (χ0v) is 13.3. The normalized spacial score (nSPS) is 10.2. The summed E-state index contributed by atoms with van der Waals surface area (Å²) in [6.45, 7) is 0. The van der Waals surface area contributed by atoms with E-state index in [0.717, 1.165) is 26.6 Å². The summed E-state index contributed by atoms with van der Waals surface area (Å²) < 4.78 is 1.03. The van der Waals surface area contributed by atoms with E-state index in [1.54, 1.807) is 0 Å². The first-order valence-electron chi connectivity index (χ1n) is 5.45. The summed E-state index contributed by atoms with van der Waals surface area (Å²) in [6, 6.07) is 6.07. The molecule has 8 heteroatoms. The summed E-state index contributed by atoms with van der Waals surface area (Å²) in [4.78, 5) is 11.6. The molecule has 0 spiro atoms. The maximum absolute atomic E-state index is 5.34. The number of nitrogens with zero attached hydrogens (tertiary/aromatic N) is 2. The minimum absolute atomic E-state index is 0. The summed E-state index contributed by atoms with van der Waals surface area (Å²) in [5.41, 5.74) is 13.6. The van der Waals surface area contributed by atoms with Crippen LogP contribution in [0.5, 0.6) is 0 Å². The number of aromatic amines is 1. The third-order valence-electron chi connectivity index (χ3n) is 2.64. The van der Waals surface area contributed by atoms with Gasteiger partial charge in [0.25, 0.3) is 0 Å². The second-order valence-corrected chi connectivity index (χ2v) is 5.70. The molecule has 5 nitrogen and oxygen atoms in total. The fraction of sp³-hybridized carbons (Fsp3) is 0. The van der Waals surface area contributed by atoms with Crippen molar-refractivity contribution in [2.75, 3.05) is 0 Å². The molecule has 20 heavy (non-hydrogen) atoms. The third-order valence-corrected chi connectivity index (χ3v) is 3.86. The predicted octanol–water partition coefficient (Wildman–Crippen LogP) is 3.38. The lowest BCUT2D eigenvalue weighted by Crippen LogP contribution is -2.21. The van der Waals surface area contributed by atoms with Gasteiger partial charge >= 0.3 is 0 Å². The molecule has 0 unspecified atom stereocenters. The van der Waals surface area contributed by atoms with Crippen molar-refractivity contribution in [1.29, 1.82) is 0 Å². The van der Waals surface area contributed by atoms with E-state index in [1.807, 2.05) is 23.7 Å². The van der Waals surface area contributed by atoms with Crippen LogP contribution in [0.15, 0.2) is 39.2 Å². The van der Waals surface area contributed by atoms with Crippen molar-refractivity contribution in [2.45, 2.75) is 0 Å². The van der Waals surface area contributed by atoms with Gasteiger partial charge in [0.1, 0.15) is 0 Å². The molecule has 0 aliphatic carbocycles. The van der Waals surface area contributed by atoms with Crippen LogP contribution in [0, 0.1) is 0 Å². The van der Waals surface area contributed by atoms with Crippen molar-refractivity contribution in [1.82, 2.24) is 9.97 Å². The Labute approximate surface area is 133 Å². The van der Waals surface area contributed by atoms with Gasteiger partial charge in [-0.15, -0.1) is 23.7 Å². The van der Waals surface area contributed by atoms with Crippen LogP contribution in [0.1, 0.15) is 0 Å². The lowest BCUT2D eigenvalue weighted by atomic mass is 10.1. The Morgan fingerprint density at radius 1 is 1.35 bits per heavy atom. The summed E-state index contributed by atoms with van der Waals surface area (Å²) >= 11 is 4.88. The number of thiazole rings is 1. The van der Waals surface area contributed by atoms with E-state index >= 15 is 0 Å². The molecule has 2 aromatic heterocycles. The highest BCUT2D eigenvalue weighted by atomic mass is 79.9. The van der Waals surface area contributed by atoms with Crippen LogP contribution in [0.3, 0.4) is 0 Å². The number of aromatic nitrogens is 2. The molecule has 5 N–H and O–H groups in total. The summed E-state index contributed by atoms with van der Waals surface area (Å²) in [7, 11) is 0. The maximum Gasteiger partial charge on any atom is 0.212 e. The molecule has 0 aliphatic rings. The first-order valence-corrected chi connectivity index (χ1v) is 7.13. The molecule has 0 bridgehead atoms. The number of aliphatic imine (C=N–C) groups is 1. The lowest BCUT2D eigenvalue weighted by molar-refractivity contribution is 1.33. The summed E-state index contributed by atoms with van der Waals surface area (Å²) in [5.74, 6) is 0.0163. The second kappa shape index (κ2) is 5.82. The Balaban J connectivity index is 0.00000147. The van der Waals surface area contributed by atoms with Gasteiger partial charge < -0.3 is 16.5 Å². The monoisotopic (exact) mass is 371 g/mol. The van der Waals surface area contributed by atoms with Gasteiger partial charge in [0.15, 0.2) is 5.96 Å². The number of hydrogen-bond acceptors (Lipinski definition) is 3. The Morgan fingerprint density at radius 2 is 2.15 bits per heavy atom. The number of nitrogens with one attached hydrogen (secondary N) is 1. The molecule has 0 atom stereocenters. The number of guanidine groups is 1. The average molecular weight is 373 g/mol. The molecule has 0 fully saturated rings. The van der Waals surface area contributed by atoms with Crippen LogP contribution in [0.2, 0.25) is 0 Å². The molecule has 2 heterocycles. The van der Waals surface area contributed by atoms with Crippen molar-refractivity contribution in [3.63, 3.8) is 0 Å². The van der Waals surface area contributed by atoms with Gasteiger partial charge in [0.05, 0.1) is 5.69 Å². The molecule has 0 amide bonds. The number of H-pyrrole nitrogens is 1. The minimum Gasteiger partial charge on any atom is -0.370 e. The fourth-order valence-electron chi connectivity index (χ4n) is 1.85. The molecule has 3 aromatic rings. The van der Waals surface area contributed by atoms with Crippen LogP contribution in [-0.2, 0) is 0 Å².